The number of nitrogens with zero attached hydrogens (tertiary/aromatic N) is 2. The van der Waals surface area contributed by atoms with Gasteiger partial charge in [-0.1, -0.05) is 12.8 Å². The Morgan fingerprint density at radius 2 is 1.83 bits per heavy atom. The Hall–Kier alpha value is -1.13. The molecule has 3 fully saturated rings. The number of benzene rings is 1. The largest absolute Gasteiger partial charge is 0.379 e. The minimum Gasteiger partial charge on any atom is -0.379 e. The number of morpholine rings is 1. The van der Waals surface area contributed by atoms with E-state index in [1.807, 2.05) is 0 Å². The lowest BCUT2D eigenvalue weighted by molar-refractivity contribution is -0.118. The molecule has 1 saturated carbocycles. The molecular formula is C20H29N3O4S2. The summed E-state index contributed by atoms with van der Waals surface area (Å²) in [6.07, 6.45) is 4.98. The Morgan fingerprint density at radius 1 is 1.10 bits per heavy atom. The number of rotatable bonds is 5. The van der Waals surface area contributed by atoms with Gasteiger partial charge in [0.1, 0.15) is 0 Å². The van der Waals surface area contributed by atoms with Gasteiger partial charge in [-0.25, -0.2) is 8.42 Å². The van der Waals surface area contributed by atoms with Crippen molar-refractivity contribution in [2.75, 3.05) is 50.5 Å². The zero-order valence-electron chi connectivity index (χ0n) is 16.6. The Kier molecular flexibility index (Phi) is 6.80. The van der Waals surface area contributed by atoms with Crippen molar-refractivity contribution in [2.24, 2.45) is 0 Å². The van der Waals surface area contributed by atoms with E-state index < -0.39 is 10.0 Å². The molecule has 1 aliphatic carbocycles. The number of thioether (sulfide) groups is 1. The van der Waals surface area contributed by atoms with Gasteiger partial charge in [0.05, 0.1) is 24.7 Å². The molecule has 0 spiro atoms. The number of carbonyl (C=O) groups is 1. The van der Waals surface area contributed by atoms with E-state index in [1.54, 1.807) is 24.3 Å². The van der Waals surface area contributed by atoms with Gasteiger partial charge in [-0.2, -0.15) is 16.1 Å². The van der Waals surface area contributed by atoms with Gasteiger partial charge in [-0.15, -0.1) is 0 Å². The maximum absolute atomic E-state index is 12.7. The van der Waals surface area contributed by atoms with Crippen LogP contribution in [0.15, 0.2) is 29.2 Å². The van der Waals surface area contributed by atoms with Gasteiger partial charge < -0.3 is 10.1 Å². The summed E-state index contributed by atoms with van der Waals surface area (Å²) in [6, 6.07) is 6.97. The summed E-state index contributed by atoms with van der Waals surface area (Å²) in [6.45, 7) is 2.94. The van der Waals surface area contributed by atoms with Crippen LogP contribution in [0.5, 0.6) is 0 Å². The molecule has 29 heavy (non-hydrogen) atoms. The van der Waals surface area contributed by atoms with E-state index >= 15 is 0 Å². The van der Waals surface area contributed by atoms with Crippen LogP contribution in [-0.4, -0.2) is 80.0 Å². The second kappa shape index (κ2) is 9.34. The van der Waals surface area contributed by atoms with Crippen molar-refractivity contribution < 1.29 is 17.9 Å². The third-order valence-electron chi connectivity index (χ3n) is 5.94. The van der Waals surface area contributed by atoms with Crippen LogP contribution in [0, 0.1) is 0 Å². The van der Waals surface area contributed by atoms with Crippen LogP contribution in [0.25, 0.3) is 0 Å². The van der Waals surface area contributed by atoms with E-state index in [-0.39, 0.29) is 10.8 Å². The molecule has 0 bridgehead atoms. The monoisotopic (exact) mass is 439 g/mol. The fraction of sp³-hybridized carbons (Fsp3) is 0.650. The molecule has 4 rings (SSSR count). The molecule has 7 nitrogen and oxygen atoms in total. The van der Waals surface area contributed by atoms with Crippen molar-refractivity contribution in [1.82, 2.24) is 9.21 Å². The lowest BCUT2D eigenvalue weighted by Gasteiger charge is -2.43. The summed E-state index contributed by atoms with van der Waals surface area (Å²) in [5, 5.41) is 3.59. The Morgan fingerprint density at radius 3 is 2.59 bits per heavy atom. The van der Waals surface area contributed by atoms with Crippen molar-refractivity contribution in [2.45, 2.75) is 41.9 Å². The zero-order chi connectivity index (χ0) is 20.3. The zero-order valence-corrected chi connectivity index (χ0v) is 18.2. The van der Waals surface area contributed by atoms with Crippen molar-refractivity contribution >= 4 is 33.4 Å². The fourth-order valence-corrected chi connectivity index (χ4v) is 7.32. The lowest BCUT2D eigenvalue weighted by atomic mass is 9.93. The first-order chi connectivity index (χ1) is 14.0. The number of carbonyl (C=O) groups excluding carboxylic acids is 1. The second-order valence-electron chi connectivity index (χ2n) is 7.82. The van der Waals surface area contributed by atoms with Crippen LogP contribution < -0.4 is 5.32 Å². The average molecular weight is 440 g/mol. The number of fused-ring (bicyclic) bond motifs is 1. The summed E-state index contributed by atoms with van der Waals surface area (Å²) in [5.74, 6) is 1.05. The van der Waals surface area contributed by atoms with Crippen LogP contribution in [0.3, 0.4) is 0 Å². The van der Waals surface area contributed by atoms with Gasteiger partial charge in [0.15, 0.2) is 0 Å². The van der Waals surface area contributed by atoms with Gasteiger partial charge in [0.2, 0.25) is 15.9 Å². The van der Waals surface area contributed by atoms with Crippen LogP contribution >= 0.6 is 11.8 Å². The number of ether oxygens (including phenoxy) is 1. The molecule has 0 radical (unpaired) electrons. The molecule has 2 atom stereocenters. The first-order valence-electron chi connectivity index (χ1n) is 10.4. The molecule has 1 aromatic carbocycles. The summed E-state index contributed by atoms with van der Waals surface area (Å²) < 4.78 is 32.1. The minimum atomic E-state index is -3.51. The number of nitrogens with one attached hydrogen (secondary N) is 1. The van der Waals surface area contributed by atoms with E-state index in [0.29, 0.717) is 49.8 Å². The molecule has 2 saturated heterocycles. The average Bonchev–Trinajstić information content (AvgIpc) is 2.75. The van der Waals surface area contributed by atoms with E-state index in [2.05, 4.69) is 22.0 Å². The van der Waals surface area contributed by atoms with E-state index in [4.69, 9.17) is 4.74 Å². The van der Waals surface area contributed by atoms with E-state index in [9.17, 15) is 13.2 Å². The van der Waals surface area contributed by atoms with Gasteiger partial charge in [-0.3, -0.25) is 9.69 Å². The molecule has 9 heteroatoms. The molecule has 1 aromatic rings. The second-order valence-corrected chi connectivity index (χ2v) is 11.1. The first-order valence-corrected chi connectivity index (χ1v) is 12.9. The number of hydrogen-bond acceptors (Lipinski definition) is 6. The third-order valence-corrected chi connectivity index (χ3v) is 9.25. The first kappa shape index (κ1) is 21.1. The highest BCUT2D eigenvalue weighted by Gasteiger charge is 2.34. The van der Waals surface area contributed by atoms with Crippen LogP contribution in [-0.2, 0) is 19.6 Å². The van der Waals surface area contributed by atoms with Crippen LogP contribution in [0.2, 0.25) is 0 Å². The Bertz CT molecular complexity index is 808. The van der Waals surface area contributed by atoms with Gasteiger partial charge in [0.25, 0.3) is 0 Å². The maximum atomic E-state index is 12.7. The van der Waals surface area contributed by atoms with Crippen molar-refractivity contribution in [1.29, 1.82) is 0 Å². The number of hydrogen-bond donors (Lipinski definition) is 1. The van der Waals surface area contributed by atoms with E-state index in [1.165, 1.54) is 30.0 Å². The predicted molar refractivity (Wildman–Crippen MR) is 115 cm³/mol. The summed E-state index contributed by atoms with van der Waals surface area (Å²) >= 11 is 2.06. The van der Waals surface area contributed by atoms with Crippen LogP contribution in [0.4, 0.5) is 5.69 Å². The summed E-state index contributed by atoms with van der Waals surface area (Å²) in [7, 11) is -3.51. The fourth-order valence-electron chi connectivity index (χ4n) is 4.40. The maximum Gasteiger partial charge on any atom is 0.243 e. The smallest absolute Gasteiger partial charge is 0.243 e. The minimum absolute atomic E-state index is 0.0370. The topological polar surface area (TPSA) is 79.0 Å². The van der Waals surface area contributed by atoms with Crippen molar-refractivity contribution in [3.63, 3.8) is 0 Å². The highest BCUT2D eigenvalue weighted by molar-refractivity contribution is 8.00. The molecule has 2 aliphatic heterocycles. The molecule has 1 amide bonds. The Balaban J connectivity index is 1.35. The van der Waals surface area contributed by atoms with Crippen molar-refractivity contribution in [3.8, 4) is 0 Å². The number of anilines is 1. The van der Waals surface area contributed by atoms with Gasteiger partial charge >= 0.3 is 0 Å². The van der Waals surface area contributed by atoms with Crippen LogP contribution in [0.1, 0.15) is 25.7 Å². The quantitative estimate of drug-likeness (QED) is 0.756. The summed E-state index contributed by atoms with van der Waals surface area (Å²) in [5.41, 5.74) is 0.627. The predicted octanol–water partition coefficient (Wildman–Crippen LogP) is 2.01. The molecule has 160 valence electrons. The standard InChI is InChI=1S/C20H29N3O4S2/c24-20(15-22-11-14-28-19-4-2-1-3-18(19)22)21-16-5-7-17(8-6-16)29(25,26)23-9-12-27-13-10-23/h5-8,18-19H,1-4,9-15H2,(H,21,24)/t18-,19+/m0/s1. The third kappa shape index (κ3) is 4.96. The number of amides is 1. The Labute approximate surface area is 177 Å². The van der Waals surface area contributed by atoms with E-state index in [0.717, 1.165) is 12.3 Å². The SMILES string of the molecule is O=C(CN1CCS[C@@H]2CCCC[C@@H]21)Nc1ccc(S(=O)(=O)N2CCOCC2)cc1. The van der Waals surface area contributed by atoms with Gasteiger partial charge in [-0.05, 0) is 37.1 Å². The lowest BCUT2D eigenvalue weighted by Crippen LogP contribution is -2.51. The number of sulfonamides is 1. The highest BCUT2D eigenvalue weighted by atomic mass is 32.2. The molecular weight excluding hydrogens is 410 g/mol. The normalized spacial score (nSPS) is 26.6. The molecule has 2 heterocycles. The molecule has 0 unspecified atom stereocenters. The summed E-state index contributed by atoms with van der Waals surface area (Å²) in [4.78, 5) is 15.2. The highest BCUT2D eigenvalue weighted by Crippen LogP contribution is 2.35. The molecule has 0 aromatic heterocycles. The molecule has 3 aliphatic rings. The molecule has 1 N–H and O–H groups in total. The van der Waals surface area contributed by atoms with Crippen molar-refractivity contribution in [3.05, 3.63) is 24.3 Å². The van der Waals surface area contributed by atoms with Gasteiger partial charge in [0, 0.05) is 42.4 Å².